The number of nitriles is 1. The lowest BCUT2D eigenvalue weighted by molar-refractivity contribution is 0.178. The van der Waals surface area contributed by atoms with Crippen LogP contribution in [0, 0.1) is 16.7 Å². The van der Waals surface area contributed by atoms with E-state index in [0.29, 0.717) is 6.04 Å². The highest BCUT2D eigenvalue weighted by atomic mass is 16.2. The van der Waals surface area contributed by atoms with Crippen LogP contribution in [-0.4, -0.2) is 54.6 Å². The summed E-state index contributed by atoms with van der Waals surface area (Å²) in [5.74, 6) is 0. The molecule has 2 fully saturated rings. The Morgan fingerprint density at radius 3 is 3.00 bits per heavy atom. The van der Waals surface area contributed by atoms with Gasteiger partial charge in [0.1, 0.15) is 0 Å². The third kappa shape index (κ3) is 2.75. The molecule has 5 heteroatoms. The van der Waals surface area contributed by atoms with E-state index in [-0.39, 0.29) is 11.4 Å². The van der Waals surface area contributed by atoms with Gasteiger partial charge in [-0.1, -0.05) is 0 Å². The van der Waals surface area contributed by atoms with Gasteiger partial charge < -0.3 is 15.1 Å². The summed E-state index contributed by atoms with van der Waals surface area (Å²) < 4.78 is 0. The van der Waals surface area contributed by atoms with Gasteiger partial charge in [-0.2, -0.15) is 5.26 Å². The average Bonchev–Trinajstić information content (AvgIpc) is 2.67. The van der Waals surface area contributed by atoms with E-state index in [9.17, 15) is 4.79 Å². The molecule has 2 rings (SSSR count). The maximum atomic E-state index is 12.1. The molecule has 5 nitrogen and oxygen atoms in total. The van der Waals surface area contributed by atoms with Crippen molar-refractivity contribution >= 4 is 6.03 Å². The molecule has 0 saturated carbocycles. The molecule has 18 heavy (non-hydrogen) atoms. The van der Waals surface area contributed by atoms with E-state index < -0.39 is 0 Å². The molecule has 0 radical (unpaired) electrons. The zero-order chi connectivity index (χ0) is 13.2. The molecule has 100 valence electrons. The molecule has 0 aromatic rings. The van der Waals surface area contributed by atoms with Gasteiger partial charge in [0, 0.05) is 32.7 Å². The molecule has 0 aliphatic carbocycles. The van der Waals surface area contributed by atoms with Crippen LogP contribution in [0.4, 0.5) is 4.79 Å². The van der Waals surface area contributed by atoms with Gasteiger partial charge in [-0.15, -0.1) is 0 Å². The molecule has 1 unspecified atom stereocenters. The van der Waals surface area contributed by atoms with Crippen LogP contribution in [0.5, 0.6) is 0 Å². The first-order valence-electron chi connectivity index (χ1n) is 6.71. The van der Waals surface area contributed by atoms with Gasteiger partial charge in [-0.05, 0) is 26.7 Å². The molecule has 0 spiro atoms. The van der Waals surface area contributed by atoms with E-state index >= 15 is 0 Å². The van der Waals surface area contributed by atoms with Crippen molar-refractivity contribution in [3.8, 4) is 6.07 Å². The maximum absolute atomic E-state index is 12.1. The van der Waals surface area contributed by atoms with Crippen molar-refractivity contribution in [1.29, 1.82) is 5.26 Å². The monoisotopic (exact) mass is 250 g/mol. The number of rotatable bonds is 4. The third-order valence-electron chi connectivity index (χ3n) is 3.83. The molecule has 0 aromatic heterocycles. The van der Waals surface area contributed by atoms with E-state index in [1.54, 1.807) is 0 Å². The Kier molecular flexibility index (Phi) is 3.76. The molecule has 2 saturated heterocycles. The number of fused-ring (bicyclic) bond motifs is 1. The summed E-state index contributed by atoms with van der Waals surface area (Å²) in [5.41, 5.74) is -0.280. The normalized spacial score (nSPS) is 24.1. The Morgan fingerprint density at radius 1 is 1.56 bits per heavy atom. The first-order chi connectivity index (χ1) is 8.53. The maximum Gasteiger partial charge on any atom is 0.320 e. The number of amides is 2. The van der Waals surface area contributed by atoms with Crippen LogP contribution in [-0.2, 0) is 0 Å². The first-order valence-corrected chi connectivity index (χ1v) is 6.71. The van der Waals surface area contributed by atoms with E-state index in [2.05, 4.69) is 11.4 Å². The topological polar surface area (TPSA) is 59.4 Å². The average molecular weight is 250 g/mol. The highest BCUT2D eigenvalue weighted by Crippen LogP contribution is 2.23. The Bertz CT molecular complexity index is 360. The van der Waals surface area contributed by atoms with Gasteiger partial charge in [-0.25, -0.2) is 4.79 Å². The first kappa shape index (κ1) is 13.2. The van der Waals surface area contributed by atoms with E-state index in [4.69, 9.17) is 5.26 Å². The number of nitrogens with one attached hydrogen (secondary N) is 1. The summed E-state index contributed by atoms with van der Waals surface area (Å²) in [6.07, 6.45) is 1.75. The molecule has 0 aromatic carbocycles. The lowest BCUT2D eigenvalue weighted by atomic mass is 9.90. The van der Waals surface area contributed by atoms with Gasteiger partial charge in [-0.3, -0.25) is 0 Å². The van der Waals surface area contributed by atoms with Gasteiger partial charge in [0.2, 0.25) is 0 Å². The van der Waals surface area contributed by atoms with Crippen molar-refractivity contribution in [1.82, 2.24) is 15.1 Å². The Hall–Kier alpha value is -1.28. The Balaban J connectivity index is 1.81. The minimum absolute atomic E-state index is 0.177. The number of hydrogen-bond donors (Lipinski definition) is 1. The minimum Gasteiger partial charge on any atom is -0.323 e. The molecule has 0 bridgehead atoms. The van der Waals surface area contributed by atoms with Crippen molar-refractivity contribution in [2.75, 3.05) is 32.7 Å². The van der Waals surface area contributed by atoms with Gasteiger partial charge in [0.15, 0.2) is 0 Å². The van der Waals surface area contributed by atoms with Crippen LogP contribution in [0.3, 0.4) is 0 Å². The fourth-order valence-electron chi connectivity index (χ4n) is 2.64. The van der Waals surface area contributed by atoms with Crippen LogP contribution in [0.15, 0.2) is 0 Å². The number of nitrogens with zero attached hydrogens (tertiary/aromatic N) is 3. The molecule has 2 aliphatic rings. The SMILES string of the molecule is CC(C)(C#N)CCCN1CC2CNCCN2C1=O. The van der Waals surface area contributed by atoms with Crippen LogP contribution >= 0.6 is 0 Å². The molecule has 2 aliphatic heterocycles. The number of hydrogen-bond acceptors (Lipinski definition) is 3. The second kappa shape index (κ2) is 5.15. The molecule has 2 amide bonds. The summed E-state index contributed by atoms with van der Waals surface area (Å²) in [6.45, 7) is 8.14. The second-order valence-corrected chi connectivity index (χ2v) is 5.88. The fraction of sp³-hybridized carbons (Fsp3) is 0.846. The lowest BCUT2D eigenvalue weighted by Gasteiger charge is -2.28. The summed E-state index contributed by atoms with van der Waals surface area (Å²) >= 11 is 0. The van der Waals surface area contributed by atoms with Crippen LogP contribution < -0.4 is 5.32 Å². The molecule has 1 atom stereocenters. The number of carbonyl (C=O) groups excluding carboxylic acids is 1. The number of urea groups is 1. The Labute approximate surface area is 109 Å². The third-order valence-corrected chi connectivity index (χ3v) is 3.83. The summed E-state index contributed by atoms with van der Waals surface area (Å²) in [7, 11) is 0. The predicted molar refractivity (Wildman–Crippen MR) is 69.0 cm³/mol. The van der Waals surface area contributed by atoms with Gasteiger partial charge in [0.25, 0.3) is 0 Å². The van der Waals surface area contributed by atoms with E-state index in [1.165, 1.54) is 0 Å². The Morgan fingerprint density at radius 2 is 2.33 bits per heavy atom. The lowest BCUT2D eigenvalue weighted by Crippen LogP contribution is -2.49. The standard InChI is InChI=1S/C13H22N4O/c1-13(2,10-14)4-3-6-16-9-11-8-15-5-7-17(11)12(16)18/h11,15H,3-9H2,1-2H3. The van der Waals surface area contributed by atoms with Crippen molar-refractivity contribution in [2.24, 2.45) is 5.41 Å². The second-order valence-electron chi connectivity index (χ2n) is 5.88. The van der Waals surface area contributed by atoms with Crippen molar-refractivity contribution in [3.63, 3.8) is 0 Å². The van der Waals surface area contributed by atoms with E-state index in [0.717, 1.165) is 45.6 Å². The fourth-order valence-corrected chi connectivity index (χ4v) is 2.64. The molecule has 2 heterocycles. The predicted octanol–water partition coefficient (Wildman–Crippen LogP) is 1.03. The van der Waals surface area contributed by atoms with Gasteiger partial charge in [0.05, 0.1) is 17.5 Å². The van der Waals surface area contributed by atoms with Crippen LogP contribution in [0.2, 0.25) is 0 Å². The molecule has 1 N–H and O–H groups in total. The smallest absolute Gasteiger partial charge is 0.320 e. The largest absolute Gasteiger partial charge is 0.323 e. The highest BCUT2D eigenvalue weighted by molar-refractivity contribution is 5.77. The van der Waals surface area contributed by atoms with Crippen LogP contribution in [0.1, 0.15) is 26.7 Å². The van der Waals surface area contributed by atoms with Gasteiger partial charge >= 0.3 is 6.03 Å². The summed E-state index contributed by atoms with van der Waals surface area (Å²) in [4.78, 5) is 16.0. The van der Waals surface area contributed by atoms with Crippen molar-refractivity contribution in [2.45, 2.75) is 32.7 Å². The van der Waals surface area contributed by atoms with Crippen LogP contribution in [0.25, 0.3) is 0 Å². The summed E-state index contributed by atoms with van der Waals surface area (Å²) in [6, 6.07) is 2.82. The van der Waals surface area contributed by atoms with Crippen molar-refractivity contribution < 1.29 is 4.79 Å². The minimum atomic E-state index is -0.280. The van der Waals surface area contributed by atoms with E-state index in [1.807, 2.05) is 23.6 Å². The number of carbonyl (C=O) groups is 1. The number of piperazine rings is 1. The molecular formula is C13H22N4O. The van der Waals surface area contributed by atoms with Crippen molar-refractivity contribution in [3.05, 3.63) is 0 Å². The zero-order valence-electron chi connectivity index (χ0n) is 11.3. The zero-order valence-corrected chi connectivity index (χ0v) is 11.3. The molecular weight excluding hydrogens is 228 g/mol. The summed E-state index contributed by atoms with van der Waals surface area (Å²) in [5, 5.41) is 12.3. The highest BCUT2D eigenvalue weighted by Gasteiger charge is 2.37. The quantitative estimate of drug-likeness (QED) is 0.810.